The van der Waals surface area contributed by atoms with Crippen molar-refractivity contribution >= 4 is 11.7 Å². The number of ether oxygens (including phenoxy) is 1. The van der Waals surface area contributed by atoms with Crippen LogP contribution in [0.5, 0.6) is 0 Å². The van der Waals surface area contributed by atoms with E-state index in [1.54, 1.807) is 35.5 Å². The number of carbonyl (C=O) groups is 1. The highest BCUT2D eigenvalue weighted by atomic mass is 16.5. The summed E-state index contributed by atoms with van der Waals surface area (Å²) in [5.74, 6) is 0.776. The molecule has 2 aliphatic heterocycles. The summed E-state index contributed by atoms with van der Waals surface area (Å²) >= 11 is 0. The predicted molar refractivity (Wildman–Crippen MR) is 91.1 cm³/mol. The number of anilines is 1. The SMILES string of the molecule is Cn1ccc(C(=O)N2CCC3(CC2)C[C@H](Nc2cnccn2)CO3)n1. The van der Waals surface area contributed by atoms with Gasteiger partial charge in [-0.25, -0.2) is 4.98 Å². The van der Waals surface area contributed by atoms with E-state index in [0.717, 1.165) is 25.1 Å². The second-order valence-electron chi connectivity index (χ2n) is 6.80. The van der Waals surface area contributed by atoms with Crippen LogP contribution in [0.1, 0.15) is 29.8 Å². The fourth-order valence-corrected chi connectivity index (χ4v) is 3.68. The van der Waals surface area contributed by atoms with Crippen LogP contribution < -0.4 is 5.32 Å². The van der Waals surface area contributed by atoms with E-state index in [2.05, 4.69) is 20.4 Å². The lowest BCUT2D eigenvalue weighted by molar-refractivity contribution is -0.0389. The molecule has 1 spiro atoms. The van der Waals surface area contributed by atoms with Gasteiger partial charge >= 0.3 is 0 Å². The van der Waals surface area contributed by atoms with E-state index in [4.69, 9.17) is 4.74 Å². The monoisotopic (exact) mass is 342 g/mol. The van der Waals surface area contributed by atoms with E-state index < -0.39 is 0 Å². The summed E-state index contributed by atoms with van der Waals surface area (Å²) in [4.78, 5) is 22.7. The number of aromatic nitrogens is 4. The molecule has 0 unspecified atom stereocenters. The van der Waals surface area contributed by atoms with Gasteiger partial charge in [0, 0.05) is 38.7 Å². The van der Waals surface area contributed by atoms with E-state index >= 15 is 0 Å². The Morgan fingerprint density at radius 1 is 1.36 bits per heavy atom. The van der Waals surface area contributed by atoms with E-state index in [1.807, 2.05) is 11.9 Å². The van der Waals surface area contributed by atoms with Crippen LogP contribution in [0.3, 0.4) is 0 Å². The van der Waals surface area contributed by atoms with E-state index in [9.17, 15) is 4.79 Å². The van der Waals surface area contributed by atoms with Gasteiger partial charge < -0.3 is 15.0 Å². The lowest BCUT2D eigenvalue weighted by atomic mass is 9.87. The zero-order valence-electron chi connectivity index (χ0n) is 14.3. The maximum atomic E-state index is 12.5. The number of carbonyl (C=O) groups excluding carboxylic acids is 1. The number of hydrogen-bond acceptors (Lipinski definition) is 6. The first-order chi connectivity index (χ1) is 12.1. The minimum absolute atomic E-state index is 0.00248. The molecule has 0 radical (unpaired) electrons. The average Bonchev–Trinajstić information content (AvgIpc) is 3.23. The number of rotatable bonds is 3. The largest absolute Gasteiger partial charge is 0.373 e. The first-order valence-electron chi connectivity index (χ1n) is 8.59. The van der Waals surface area contributed by atoms with Gasteiger partial charge in [-0.2, -0.15) is 5.10 Å². The maximum Gasteiger partial charge on any atom is 0.274 e. The molecule has 1 N–H and O–H groups in total. The van der Waals surface area contributed by atoms with Crippen molar-refractivity contribution in [2.75, 3.05) is 25.0 Å². The zero-order chi connectivity index (χ0) is 17.3. The summed E-state index contributed by atoms with van der Waals surface area (Å²) in [7, 11) is 1.82. The number of likely N-dealkylation sites (tertiary alicyclic amines) is 1. The molecule has 132 valence electrons. The van der Waals surface area contributed by atoms with Crippen LogP contribution in [0, 0.1) is 0 Å². The van der Waals surface area contributed by atoms with Gasteiger partial charge in [0.15, 0.2) is 0 Å². The predicted octanol–water partition coefficient (Wildman–Crippen LogP) is 1.09. The zero-order valence-corrected chi connectivity index (χ0v) is 14.3. The van der Waals surface area contributed by atoms with Gasteiger partial charge in [-0.1, -0.05) is 0 Å². The molecule has 2 fully saturated rings. The fraction of sp³-hybridized carbons (Fsp3) is 0.529. The van der Waals surface area contributed by atoms with Crippen molar-refractivity contribution in [1.29, 1.82) is 0 Å². The Hall–Kier alpha value is -2.48. The van der Waals surface area contributed by atoms with Crippen molar-refractivity contribution in [2.45, 2.75) is 30.9 Å². The highest BCUT2D eigenvalue weighted by Crippen LogP contribution is 2.37. The molecule has 2 aromatic heterocycles. The third kappa shape index (κ3) is 3.34. The molecule has 0 saturated carbocycles. The van der Waals surface area contributed by atoms with Gasteiger partial charge in [0.1, 0.15) is 11.5 Å². The van der Waals surface area contributed by atoms with Crippen LogP contribution in [0.15, 0.2) is 30.9 Å². The molecule has 2 saturated heterocycles. The Bertz CT molecular complexity index is 739. The van der Waals surface area contributed by atoms with Crippen LogP contribution in [0.25, 0.3) is 0 Å². The molecule has 2 aliphatic rings. The van der Waals surface area contributed by atoms with Crippen LogP contribution in [0.4, 0.5) is 5.82 Å². The molecule has 0 aromatic carbocycles. The summed E-state index contributed by atoms with van der Waals surface area (Å²) in [5.41, 5.74) is 0.369. The Labute approximate surface area is 146 Å². The molecule has 4 heterocycles. The average molecular weight is 342 g/mol. The van der Waals surface area contributed by atoms with Crippen molar-refractivity contribution in [1.82, 2.24) is 24.6 Å². The van der Waals surface area contributed by atoms with Crippen LogP contribution >= 0.6 is 0 Å². The number of piperidine rings is 1. The molecule has 8 nitrogen and oxygen atoms in total. The maximum absolute atomic E-state index is 12.5. The van der Waals surface area contributed by atoms with Crippen molar-refractivity contribution in [3.8, 4) is 0 Å². The molecule has 0 bridgehead atoms. The van der Waals surface area contributed by atoms with Gasteiger partial charge in [0.05, 0.1) is 24.4 Å². The van der Waals surface area contributed by atoms with Gasteiger partial charge in [-0.05, 0) is 25.3 Å². The highest BCUT2D eigenvalue weighted by Gasteiger charge is 2.43. The second-order valence-corrected chi connectivity index (χ2v) is 6.80. The minimum Gasteiger partial charge on any atom is -0.373 e. The molecule has 0 aliphatic carbocycles. The normalized spacial score (nSPS) is 22.3. The van der Waals surface area contributed by atoms with Gasteiger partial charge in [-0.15, -0.1) is 0 Å². The Morgan fingerprint density at radius 2 is 2.20 bits per heavy atom. The lowest BCUT2D eigenvalue weighted by Crippen LogP contribution is -2.46. The third-order valence-electron chi connectivity index (χ3n) is 5.02. The van der Waals surface area contributed by atoms with Gasteiger partial charge in [-0.3, -0.25) is 14.5 Å². The topological polar surface area (TPSA) is 85.2 Å². The number of amides is 1. The van der Waals surface area contributed by atoms with Crippen molar-refractivity contribution < 1.29 is 9.53 Å². The van der Waals surface area contributed by atoms with E-state index in [0.29, 0.717) is 25.4 Å². The first-order valence-corrected chi connectivity index (χ1v) is 8.59. The van der Waals surface area contributed by atoms with Crippen molar-refractivity contribution in [3.63, 3.8) is 0 Å². The molecule has 1 amide bonds. The quantitative estimate of drug-likeness (QED) is 0.899. The lowest BCUT2D eigenvalue weighted by Gasteiger charge is -2.38. The number of nitrogens with one attached hydrogen (secondary N) is 1. The molecular formula is C17H22N6O2. The van der Waals surface area contributed by atoms with Gasteiger partial charge in [0.25, 0.3) is 5.91 Å². The fourth-order valence-electron chi connectivity index (χ4n) is 3.68. The number of aryl methyl sites for hydroxylation is 1. The number of hydrogen-bond donors (Lipinski definition) is 1. The van der Waals surface area contributed by atoms with E-state index in [-0.39, 0.29) is 17.6 Å². The summed E-state index contributed by atoms with van der Waals surface area (Å²) in [6.07, 6.45) is 9.48. The number of nitrogens with zero attached hydrogens (tertiary/aromatic N) is 5. The van der Waals surface area contributed by atoms with Crippen LogP contribution in [0.2, 0.25) is 0 Å². The second kappa shape index (κ2) is 6.44. The summed E-state index contributed by atoms with van der Waals surface area (Å²) in [6.45, 7) is 2.06. The molecule has 8 heteroatoms. The molecule has 2 aromatic rings. The van der Waals surface area contributed by atoms with Crippen LogP contribution in [-0.2, 0) is 11.8 Å². The van der Waals surface area contributed by atoms with Gasteiger partial charge in [0.2, 0.25) is 0 Å². The smallest absolute Gasteiger partial charge is 0.274 e. The van der Waals surface area contributed by atoms with Crippen LogP contribution in [-0.4, -0.2) is 61.9 Å². The van der Waals surface area contributed by atoms with Crippen molar-refractivity contribution in [2.24, 2.45) is 7.05 Å². The summed E-state index contributed by atoms with van der Waals surface area (Å²) < 4.78 is 7.79. The third-order valence-corrected chi connectivity index (χ3v) is 5.02. The Morgan fingerprint density at radius 3 is 2.88 bits per heavy atom. The highest BCUT2D eigenvalue weighted by molar-refractivity contribution is 5.92. The molecule has 1 atom stereocenters. The molecular weight excluding hydrogens is 320 g/mol. The summed E-state index contributed by atoms with van der Waals surface area (Å²) in [6, 6.07) is 1.99. The molecule has 4 rings (SSSR count). The molecule has 25 heavy (non-hydrogen) atoms. The Kier molecular flexibility index (Phi) is 4.12. The summed E-state index contributed by atoms with van der Waals surface area (Å²) in [5, 5.41) is 7.59. The Balaban J connectivity index is 1.33. The minimum atomic E-state index is -0.138. The standard InChI is InChI=1S/C17H22N6O2/c1-22-7-2-14(21-22)16(24)23-8-3-17(4-9-23)10-13(12-25-17)20-15-11-18-5-6-19-15/h2,5-7,11,13H,3-4,8-10,12H2,1H3,(H,19,20)/t13-/m0/s1. The first kappa shape index (κ1) is 16.0. The van der Waals surface area contributed by atoms with E-state index in [1.165, 1.54) is 0 Å². The van der Waals surface area contributed by atoms with Crippen molar-refractivity contribution in [3.05, 3.63) is 36.5 Å².